The van der Waals surface area contributed by atoms with Crippen LogP contribution in [0.5, 0.6) is 11.8 Å². The van der Waals surface area contributed by atoms with Crippen LogP contribution in [-0.2, 0) is 16.1 Å². The van der Waals surface area contributed by atoms with E-state index in [9.17, 15) is 14.7 Å². The molecule has 0 bridgehead atoms. The van der Waals surface area contributed by atoms with Crippen molar-refractivity contribution in [2.75, 3.05) is 6.54 Å². The molecule has 3 rings (SSSR count). The van der Waals surface area contributed by atoms with Gasteiger partial charge in [0, 0.05) is 18.6 Å². The van der Waals surface area contributed by atoms with E-state index in [2.05, 4.69) is 4.98 Å². The summed E-state index contributed by atoms with van der Waals surface area (Å²) in [4.78, 5) is 29.5. The molecule has 1 N–H and O–H groups in total. The molecule has 1 amide bonds. The molecule has 8 heteroatoms. The van der Waals surface area contributed by atoms with Gasteiger partial charge in [0.05, 0.1) is 6.54 Å². The number of carboxylic acid groups (broad SMARTS) is 1. The van der Waals surface area contributed by atoms with Crippen molar-refractivity contribution < 1.29 is 28.9 Å². The van der Waals surface area contributed by atoms with Crippen LogP contribution in [0.4, 0.5) is 4.79 Å². The van der Waals surface area contributed by atoms with Crippen LogP contribution in [-0.4, -0.2) is 51.3 Å². The fourth-order valence-corrected chi connectivity index (χ4v) is 3.08. The van der Waals surface area contributed by atoms with Gasteiger partial charge in [0.1, 0.15) is 24.4 Å². The number of hydrogen-bond acceptors (Lipinski definition) is 6. The predicted molar refractivity (Wildman–Crippen MR) is 108 cm³/mol. The third kappa shape index (κ3) is 5.85. The van der Waals surface area contributed by atoms with E-state index < -0.39 is 29.8 Å². The second-order valence-electron chi connectivity index (χ2n) is 8.05. The number of carbonyl (C=O) groups excluding carboxylic acids is 1. The minimum atomic E-state index is -1.10. The molecule has 8 nitrogen and oxygen atoms in total. The summed E-state index contributed by atoms with van der Waals surface area (Å²) in [5.41, 5.74) is 0.295. The molecule has 1 saturated heterocycles. The van der Waals surface area contributed by atoms with E-state index >= 15 is 0 Å². The summed E-state index contributed by atoms with van der Waals surface area (Å²) < 4.78 is 16.9. The molecular weight excluding hydrogens is 388 g/mol. The van der Waals surface area contributed by atoms with Gasteiger partial charge in [0.2, 0.25) is 11.8 Å². The first-order chi connectivity index (χ1) is 14.2. The Hall–Kier alpha value is -3.29. The van der Waals surface area contributed by atoms with Gasteiger partial charge in [-0.2, -0.15) is 4.98 Å². The number of ether oxygens (including phenoxy) is 3. The molecule has 0 saturated carbocycles. The highest BCUT2D eigenvalue weighted by molar-refractivity contribution is 5.81. The van der Waals surface area contributed by atoms with E-state index in [-0.39, 0.29) is 13.0 Å². The maximum absolute atomic E-state index is 12.4. The standard InChI is InChI=1S/C22H26N2O6/c1-22(2,3)30-21(27)24-13-16(12-17(24)20(25)26)29-19-11-7-10-18(23-19)28-14-15-8-5-4-6-9-15/h4-11,16-17H,12-14H2,1-3H3,(H,25,26)/t16-,17+/m1/s1. The van der Waals surface area contributed by atoms with Crippen LogP contribution in [0.25, 0.3) is 0 Å². The topological polar surface area (TPSA) is 98.2 Å². The first-order valence-corrected chi connectivity index (χ1v) is 9.74. The van der Waals surface area contributed by atoms with Crippen LogP contribution in [0.15, 0.2) is 48.5 Å². The molecule has 1 aliphatic heterocycles. The third-order valence-corrected chi connectivity index (χ3v) is 4.39. The Balaban J connectivity index is 1.63. The Morgan fingerprint density at radius 3 is 2.47 bits per heavy atom. The lowest BCUT2D eigenvalue weighted by Gasteiger charge is -2.26. The van der Waals surface area contributed by atoms with Crippen molar-refractivity contribution in [2.24, 2.45) is 0 Å². The second-order valence-corrected chi connectivity index (χ2v) is 8.05. The molecular formula is C22H26N2O6. The molecule has 1 aromatic heterocycles. The largest absolute Gasteiger partial charge is 0.480 e. The van der Waals surface area contributed by atoms with Gasteiger partial charge in [-0.1, -0.05) is 36.4 Å². The normalized spacial score (nSPS) is 18.7. The Morgan fingerprint density at radius 1 is 1.10 bits per heavy atom. The molecule has 2 aromatic rings. The maximum Gasteiger partial charge on any atom is 0.411 e. The van der Waals surface area contributed by atoms with Crippen molar-refractivity contribution in [3.63, 3.8) is 0 Å². The lowest BCUT2D eigenvalue weighted by molar-refractivity contribution is -0.142. The van der Waals surface area contributed by atoms with Crippen molar-refractivity contribution >= 4 is 12.1 Å². The highest BCUT2D eigenvalue weighted by atomic mass is 16.6. The summed E-state index contributed by atoms with van der Waals surface area (Å²) in [5.74, 6) is -0.395. The summed E-state index contributed by atoms with van der Waals surface area (Å²) in [6.45, 7) is 5.66. The van der Waals surface area contributed by atoms with E-state index in [4.69, 9.17) is 14.2 Å². The molecule has 1 aliphatic rings. The number of carboxylic acids is 1. The van der Waals surface area contributed by atoms with Crippen LogP contribution in [0.2, 0.25) is 0 Å². The van der Waals surface area contributed by atoms with Crippen LogP contribution in [0, 0.1) is 0 Å². The van der Waals surface area contributed by atoms with Crippen LogP contribution >= 0.6 is 0 Å². The first kappa shape index (κ1) is 21.4. The molecule has 0 spiro atoms. The predicted octanol–water partition coefficient (Wildman–Crippen LogP) is 3.50. The number of nitrogens with zero attached hydrogens (tertiary/aromatic N) is 2. The number of carbonyl (C=O) groups is 2. The van der Waals surface area contributed by atoms with Gasteiger partial charge in [-0.25, -0.2) is 9.59 Å². The number of hydrogen-bond donors (Lipinski definition) is 1. The molecule has 0 unspecified atom stereocenters. The van der Waals surface area contributed by atoms with Crippen molar-refractivity contribution in [1.29, 1.82) is 0 Å². The average Bonchev–Trinajstić information content (AvgIpc) is 3.11. The van der Waals surface area contributed by atoms with Crippen molar-refractivity contribution in [1.82, 2.24) is 9.88 Å². The summed E-state index contributed by atoms with van der Waals surface area (Å²) in [6, 6.07) is 13.8. The SMILES string of the molecule is CC(C)(C)OC(=O)N1C[C@H](Oc2cccc(OCc3ccccc3)n2)C[C@H]1C(=O)O. The lowest BCUT2D eigenvalue weighted by atomic mass is 10.2. The van der Waals surface area contributed by atoms with Crippen LogP contribution in [0.1, 0.15) is 32.8 Å². The number of aromatic nitrogens is 1. The number of benzene rings is 1. The summed E-state index contributed by atoms with van der Waals surface area (Å²) in [6.07, 6.45) is -1.05. The van der Waals surface area contributed by atoms with E-state index in [0.29, 0.717) is 18.4 Å². The quantitative estimate of drug-likeness (QED) is 0.772. The van der Waals surface area contributed by atoms with Gasteiger partial charge in [-0.15, -0.1) is 0 Å². The number of amides is 1. The fraction of sp³-hybridized carbons (Fsp3) is 0.409. The third-order valence-electron chi connectivity index (χ3n) is 4.39. The summed E-state index contributed by atoms with van der Waals surface area (Å²) in [5, 5.41) is 9.50. The molecule has 2 heterocycles. The van der Waals surface area contributed by atoms with Crippen molar-refractivity contribution in [3.05, 3.63) is 54.1 Å². The maximum atomic E-state index is 12.4. The zero-order valence-corrected chi connectivity index (χ0v) is 17.3. The number of likely N-dealkylation sites (tertiary alicyclic amines) is 1. The van der Waals surface area contributed by atoms with E-state index in [1.165, 1.54) is 4.90 Å². The lowest BCUT2D eigenvalue weighted by Crippen LogP contribution is -2.43. The van der Waals surface area contributed by atoms with Gasteiger partial charge < -0.3 is 19.3 Å². The minimum Gasteiger partial charge on any atom is -0.480 e. The molecule has 2 atom stereocenters. The molecule has 0 aliphatic carbocycles. The molecule has 30 heavy (non-hydrogen) atoms. The smallest absolute Gasteiger partial charge is 0.411 e. The summed E-state index contributed by atoms with van der Waals surface area (Å²) in [7, 11) is 0. The van der Waals surface area contributed by atoms with E-state index in [1.54, 1.807) is 39.0 Å². The summed E-state index contributed by atoms with van der Waals surface area (Å²) >= 11 is 0. The molecule has 1 aromatic carbocycles. The number of pyridine rings is 1. The molecule has 160 valence electrons. The number of aliphatic carboxylic acids is 1. The highest BCUT2D eigenvalue weighted by Crippen LogP contribution is 2.25. The Labute approximate surface area is 175 Å². The monoisotopic (exact) mass is 414 g/mol. The van der Waals surface area contributed by atoms with Gasteiger partial charge in [-0.05, 0) is 26.3 Å². The zero-order chi connectivity index (χ0) is 21.7. The van der Waals surface area contributed by atoms with Crippen LogP contribution in [0.3, 0.4) is 0 Å². The Kier molecular flexibility index (Phi) is 6.44. The van der Waals surface area contributed by atoms with Crippen molar-refractivity contribution in [2.45, 2.75) is 51.5 Å². The molecule has 0 radical (unpaired) electrons. The Morgan fingerprint density at radius 2 is 1.80 bits per heavy atom. The van der Waals surface area contributed by atoms with Crippen molar-refractivity contribution in [3.8, 4) is 11.8 Å². The van der Waals surface area contributed by atoms with Crippen LogP contribution < -0.4 is 9.47 Å². The fourth-order valence-electron chi connectivity index (χ4n) is 3.08. The Bertz CT molecular complexity index is 881. The molecule has 1 fully saturated rings. The number of rotatable bonds is 6. The van der Waals surface area contributed by atoms with Gasteiger partial charge in [0.15, 0.2) is 0 Å². The zero-order valence-electron chi connectivity index (χ0n) is 17.3. The van der Waals surface area contributed by atoms with Gasteiger partial charge in [-0.3, -0.25) is 4.90 Å². The first-order valence-electron chi connectivity index (χ1n) is 9.74. The second kappa shape index (κ2) is 9.02. The van der Waals surface area contributed by atoms with E-state index in [1.807, 2.05) is 30.3 Å². The van der Waals surface area contributed by atoms with Gasteiger partial charge >= 0.3 is 12.1 Å². The van der Waals surface area contributed by atoms with E-state index in [0.717, 1.165) is 5.56 Å². The van der Waals surface area contributed by atoms with Gasteiger partial charge in [0.25, 0.3) is 0 Å². The average molecular weight is 414 g/mol. The highest BCUT2D eigenvalue weighted by Gasteiger charge is 2.42. The minimum absolute atomic E-state index is 0.0999.